The number of rotatable bonds is 15. The Balaban J connectivity index is 1.03. The van der Waals surface area contributed by atoms with E-state index in [1.165, 1.54) is 32.4 Å². The number of Topliss-reactive ketones (excluding diaryl/α,β-unsaturated/α-hetero) is 1. The minimum Gasteiger partial charge on any atom is -0.482 e. The molecule has 6 rings (SSSR count). The standard InChI is InChI=1S/C56H71Cl2FN8O9/c1-31-23-40-51(44(68)27-43(53(40)71)65-35(5)32(2)13-12-14-45(73-7)54(76-56(61)72)34(4)25-33(3)52(70)46(24-31)74-8)62-20-11-9-10-15-48(69)66-21-18-39(19-22-66)67-30-38(29-64-67)37-26-47(55(60)63-28-37)75-36(6)49-41(57)16-17-42(59)50(49)58/h12-14,16-17,25-31,33,36,39,45-46,52,54,62,65,70H,5,9-11,15,18-24H2,1-4,6-8H3,(H2,60,63)(H2,61,72)/b14-12-,32-13+,34-25+/t31-,33+,36?,45?,46?,52?,54?/m1/s1. The summed E-state index contributed by atoms with van der Waals surface area (Å²) in [6.07, 6.45) is 12.9. The number of likely N-dealkylation sites (tertiary alicyclic amines) is 1. The van der Waals surface area contributed by atoms with Gasteiger partial charge in [0.05, 0.1) is 40.9 Å². The van der Waals surface area contributed by atoms with Gasteiger partial charge in [0, 0.05) is 97.6 Å². The average Bonchev–Trinajstić information content (AvgIpc) is 3.89. The number of primary amides is 1. The monoisotopic (exact) mass is 1090 g/mol. The van der Waals surface area contributed by atoms with Crippen LogP contribution in [0, 0.1) is 17.7 Å². The average molecular weight is 1090 g/mol. The number of carbonyl (C=O) groups is 4. The van der Waals surface area contributed by atoms with E-state index in [0.717, 1.165) is 18.4 Å². The minimum absolute atomic E-state index is 0.0798. The van der Waals surface area contributed by atoms with Gasteiger partial charge in [-0.3, -0.25) is 19.1 Å². The van der Waals surface area contributed by atoms with Crippen molar-refractivity contribution in [1.82, 2.24) is 30.3 Å². The van der Waals surface area contributed by atoms with Gasteiger partial charge in [-0.15, -0.1) is 0 Å². The predicted molar refractivity (Wildman–Crippen MR) is 290 cm³/mol. The SMILES string of the molecule is C=C1NC2=CC(=O)C(NCCCCCC(=O)N3CCC(n4cc(-c5cnc(N)c(OC(C)c6c(Cl)ccc(F)c6Cl)c5)cn4)CC3)=C(C[C@@H](C)CC(OC)C(O)[C@@H](C)/C=C(\C)C(OC(N)=O)C(OC)/C=C\C=C\1C)C2=O. The van der Waals surface area contributed by atoms with Gasteiger partial charge in [-0.1, -0.05) is 74.4 Å². The lowest BCUT2D eigenvalue weighted by atomic mass is 9.85. The number of fused-ring (bicyclic) bond motifs is 2. The summed E-state index contributed by atoms with van der Waals surface area (Å²) in [7, 11) is 2.99. The van der Waals surface area contributed by atoms with Crippen LogP contribution in [-0.4, -0.2) is 107 Å². The molecule has 1 aromatic carbocycles. The second kappa shape index (κ2) is 27.1. The van der Waals surface area contributed by atoms with Crippen molar-refractivity contribution in [2.24, 2.45) is 17.6 Å². The number of nitrogens with one attached hydrogen (secondary N) is 2. The molecule has 7 N–H and O–H groups in total. The Morgan fingerprint density at radius 3 is 2.50 bits per heavy atom. The van der Waals surface area contributed by atoms with Crippen molar-refractivity contribution in [3.8, 4) is 16.9 Å². The van der Waals surface area contributed by atoms with Gasteiger partial charge in [-0.05, 0) is 94.6 Å². The topological polar surface area (TPSA) is 235 Å². The Bertz CT molecular complexity index is 2780. The lowest BCUT2D eigenvalue weighted by molar-refractivity contribution is -0.132. The predicted octanol–water partition coefficient (Wildman–Crippen LogP) is 9.19. The zero-order valence-electron chi connectivity index (χ0n) is 44.2. The molecule has 2 aromatic heterocycles. The molecule has 0 spiro atoms. The van der Waals surface area contributed by atoms with Crippen molar-refractivity contribution in [3.05, 3.63) is 129 Å². The van der Waals surface area contributed by atoms with Gasteiger partial charge >= 0.3 is 6.09 Å². The zero-order chi connectivity index (χ0) is 55.4. The van der Waals surface area contributed by atoms with E-state index in [-0.39, 0.29) is 68.9 Å². The van der Waals surface area contributed by atoms with Crippen LogP contribution in [0.25, 0.3) is 11.1 Å². The maximum absolute atomic E-state index is 14.3. The molecule has 0 saturated carbocycles. The molecule has 2 aliphatic heterocycles. The Morgan fingerprint density at radius 2 is 1.80 bits per heavy atom. The molecule has 4 heterocycles. The number of aliphatic hydroxyl groups is 1. The maximum Gasteiger partial charge on any atom is 0.405 e. The number of methoxy groups -OCH3 is 2. The normalized spacial score (nSPS) is 24.6. The molecule has 1 aliphatic carbocycles. The summed E-state index contributed by atoms with van der Waals surface area (Å²) in [4.78, 5) is 59.7. The highest BCUT2D eigenvalue weighted by Gasteiger charge is 2.34. The van der Waals surface area contributed by atoms with Crippen molar-refractivity contribution >= 4 is 52.6 Å². The first-order chi connectivity index (χ1) is 36.2. The van der Waals surface area contributed by atoms with Crippen LogP contribution in [0.3, 0.4) is 0 Å². The molecule has 410 valence electrons. The van der Waals surface area contributed by atoms with Crippen LogP contribution in [0.1, 0.15) is 104 Å². The number of unbranched alkanes of at least 4 members (excludes halogenated alkanes) is 2. The molecule has 1 saturated heterocycles. The van der Waals surface area contributed by atoms with Crippen molar-refractivity contribution in [2.75, 3.05) is 39.6 Å². The van der Waals surface area contributed by atoms with Gasteiger partial charge in [-0.25, -0.2) is 14.2 Å². The van der Waals surface area contributed by atoms with Crippen LogP contribution in [0.4, 0.5) is 15.0 Å². The number of nitrogens with zero attached hydrogens (tertiary/aromatic N) is 4. The molecular weight excluding hydrogens is 1020 g/mol. The summed E-state index contributed by atoms with van der Waals surface area (Å²) in [6.45, 7) is 14.7. The number of anilines is 1. The smallest absolute Gasteiger partial charge is 0.405 e. The van der Waals surface area contributed by atoms with E-state index in [2.05, 4.69) is 27.3 Å². The van der Waals surface area contributed by atoms with Crippen LogP contribution in [0.5, 0.6) is 5.75 Å². The molecule has 3 aliphatic rings. The van der Waals surface area contributed by atoms with Gasteiger partial charge in [-0.2, -0.15) is 5.10 Å². The number of piperidine rings is 1. The number of ketones is 2. The molecule has 76 heavy (non-hydrogen) atoms. The van der Waals surface area contributed by atoms with E-state index in [1.807, 2.05) is 29.6 Å². The Morgan fingerprint density at radius 1 is 1.07 bits per heavy atom. The van der Waals surface area contributed by atoms with Crippen LogP contribution < -0.4 is 26.8 Å². The fourth-order valence-electron chi connectivity index (χ4n) is 9.73. The molecule has 2 bridgehead atoms. The molecule has 17 nitrogen and oxygen atoms in total. The van der Waals surface area contributed by atoms with Crippen LogP contribution >= 0.6 is 23.2 Å². The largest absolute Gasteiger partial charge is 0.482 e. The zero-order valence-corrected chi connectivity index (χ0v) is 45.8. The molecule has 2 amide bonds. The van der Waals surface area contributed by atoms with E-state index < -0.39 is 48.3 Å². The molecule has 0 radical (unpaired) electrons. The summed E-state index contributed by atoms with van der Waals surface area (Å²) in [5.74, 6) is -1.49. The lowest BCUT2D eigenvalue weighted by Crippen LogP contribution is -2.39. The first-order valence-corrected chi connectivity index (χ1v) is 26.3. The number of allylic oxidation sites excluding steroid dienone is 5. The number of ether oxygens (including phenoxy) is 4. The summed E-state index contributed by atoms with van der Waals surface area (Å²) >= 11 is 12.5. The van der Waals surface area contributed by atoms with Crippen LogP contribution in [0.15, 0.2) is 108 Å². The van der Waals surface area contributed by atoms with Gasteiger partial charge < -0.3 is 51.1 Å². The summed E-state index contributed by atoms with van der Waals surface area (Å²) < 4.78 is 39.2. The molecule has 5 unspecified atom stereocenters. The van der Waals surface area contributed by atoms with Crippen molar-refractivity contribution in [1.29, 1.82) is 0 Å². The van der Waals surface area contributed by atoms with Gasteiger partial charge in [0.25, 0.3) is 0 Å². The highest BCUT2D eigenvalue weighted by atomic mass is 35.5. The number of aromatic nitrogens is 3. The van der Waals surface area contributed by atoms with E-state index in [9.17, 15) is 28.7 Å². The van der Waals surface area contributed by atoms with Gasteiger partial charge in [0.1, 0.15) is 18.0 Å². The number of halogens is 3. The number of benzene rings is 1. The number of amides is 2. The second-order valence-electron chi connectivity index (χ2n) is 19.8. The van der Waals surface area contributed by atoms with Crippen molar-refractivity contribution < 1.29 is 47.6 Å². The fourth-order valence-corrected chi connectivity index (χ4v) is 10.4. The third-order valence-corrected chi connectivity index (χ3v) is 14.8. The molecule has 20 heteroatoms. The quantitative estimate of drug-likeness (QED) is 0.0413. The highest BCUT2D eigenvalue weighted by Crippen LogP contribution is 2.38. The second-order valence-corrected chi connectivity index (χ2v) is 20.5. The summed E-state index contributed by atoms with van der Waals surface area (Å²) in [5.41, 5.74) is 15.7. The number of aliphatic hydroxyl groups excluding tert-OH is 1. The number of carbonyl (C=O) groups excluding carboxylic acids is 4. The van der Waals surface area contributed by atoms with E-state index in [1.54, 1.807) is 63.5 Å². The van der Waals surface area contributed by atoms with E-state index in [4.69, 9.17) is 53.6 Å². The minimum atomic E-state index is -0.988. The van der Waals surface area contributed by atoms with Gasteiger partial charge in [0.15, 0.2) is 17.7 Å². The summed E-state index contributed by atoms with van der Waals surface area (Å²) in [5, 5.41) is 22.7. The number of pyridine rings is 1. The molecule has 7 atom stereocenters. The number of nitrogens with two attached hydrogens (primary N) is 2. The maximum atomic E-state index is 14.3. The summed E-state index contributed by atoms with van der Waals surface area (Å²) in [6, 6.07) is 4.44. The Hall–Kier alpha value is -6.31. The first kappa shape index (κ1) is 58.9. The Labute approximate surface area is 454 Å². The molecular formula is C56H71Cl2FN8O9. The lowest BCUT2D eigenvalue weighted by Gasteiger charge is -2.32. The van der Waals surface area contributed by atoms with Gasteiger partial charge in [0.2, 0.25) is 17.5 Å². The Kier molecular flexibility index (Phi) is 21.0. The number of hydrogen-bond donors (Lipinski definition) is 5. The highest BCUT2D eigenvalue weighted by molar-refractivity contribution is 6.36. The van der Waals surface area contributed by atoms with Crippen molar-refractivity contribution in [2.45, 2.75) is 123 Å². The molecule has 1 fully saturated rings. The first-order valence-electron chi connectivity index (χ1n) is 25.6. The number of hydrogen-bond acceptors (Lipinski definition) is 14. The van der Waals surface area contributed by atoms with Crippen LogP contribution in [0.2, 0.25) is 10.0 Å². The third-order valence-electron chi connectivity index (χ3n) is 14.1. The van der Waals surface area contributed by atoms with Crippen LogP contribution in [-0.2, 0) is 28.6 Å². The molecule has 3 aromatic rings. The number of nitrogen functional groups attached to an aromatic ring is 1. The van der Waals surface area contributed by atoms with E-state index >= 15 is 0 Å². The van der Waals surface area contributed by atoms with E-state index in [0.29, 0.717) is 85.3 Å². The third kappa shape index (κ3) is 15.0. The fraction of sp³-hybridized carbons (Fsp3) is 0.464. The van der Waals surface area contributed by atoms with Crippen molar-refractivity contribution in [3.63, 3.8) is 0 Å².